The maximum atomic E-state index is 5.35. The number of aromatic nitrogens is 1. The molecular formula is C16H22N5OS2+. The molecular weight excluding hydrogens is 342 g/mol. The summed E-state index contributed by atoms with van der Waals surface area (Å²) in [4.78, 5) is 6.10. The van der Waals surface area contributed by atoms with E-state index in [1.807, 2.05) is 35.7 Å². The first-order valence-electron chi connectivity index (χ1n) is 8.03. The Morgan fingerprint density at radius 2 is 2.04 bits per heavy atom. The Morgan fingerprint density at radius 3 is 2.83 bits per heavy atom. The van der Waals surface area contributed by atoms with E-state index in [4.69, 9.17) is 17.0 Å². The highest BCUT2D eigenvalue weighted by molar-refractivity contribution is 7.80. The van der Waals surface area contributed by atoms with E-state index >= 15 is 0 Å². The summed E-state index contributed by atoms with van der Waals surface area (Å²) in [6, 6.07) is 10.1. The zero-order chi connectivity index (χ0) is 16.6. The summed E-state index contributed by atoms with van der Waals surface area (Å²) < 4.78 is 5.35. The van der Waals surface area contributed by atoms with Crippen LogP contribution < -0.4 is 21.1 Å². The summed E-state index contributed by atoms with van der Waals surface area (Å²) in [7, 11) is 0. The number of benzene rings is 1. The van der Waals surface area contributed by atoms with Crippen LogP contribution in [0.15, 0.2) is 35.7 Å². The number of thiazole rings is 1. The number of quaternary nitrogens is 1. The molecule has 0 radical (unpaired) electrons. The van der Waals surface area contributed by atoms with Crippen molar-refractivity contribution >= 4 is 33.8 Å². The number of morpholine rings is 1. The van der Waals surface area contributed by atoms with Crippen molar-refractivity contribution in [2.45, 2.75) is 0 Å². The van der Waals surface area contributed by atoms with E-state index in [0.717, 1.165) is 55.8 Å². The molecule has 0 bridgehead atoms. The molecule has 0 aliphatic carbocycles. The van der Waals surface area contributed by atoms with E-state index in [-0.39, 0.29) is 0 Å². The van der Waals surface area contributed by atoms with Gasteiger partial charge >= 0.3 is 0 Å². The lowest BCUT2D eigenvalue weighted by Crippen LogP contribution is -3.14. The Morgan fingerprint density at radius 1 is 1.25 bits per heavy atom. The topological polar surface area (TPSA) is 62.6 Å². The number of rotatable bonds is 6. The van der Waals surface area contributed by atoms with Crippen LogP contribution in [0.5, 0.6) is 0 Å². The number of thiocarbonyl (C=S) groups is 1. The number of hydrogen-bond donors (Lipinski definition) is 4. The second kappa shape index (κ2) is 8.93. The van der Waals surface area contributed by atoms with Crippen molar-refractivity contribution in [3.05, 3.63) is 35.7 Å². The van der Waals surface area contributed by atoms with E-state index in [1.54, 1.807) is 16.2 Å². The Bertz CT molecular complexity index is 643. The van der Waals surface area contributed by atoms with Gasteiger partial charge in [-0.05, 0) is 12.2 Å². The summed E-state index contributed by atoms with van der Waals surface area (Å²) >= 11 is 6.82. The predicted octanol–water partition coefficient (Wildman–Crippen LogP) is 0.516. The molecule has 1 fully saturated rings. The van der Waals surface area contributed by atoms with Gasteiger partial charge in [-0.25, -0.2) is 4.98 Å². The SMILES string of the molecule is S=C(NCC[NH+]1CCOCC1)NNc1nc(-c2ccccc2)cs1. The van der Waals surface area contributed by atoms with Gasteiger partial charge in [-0.1, -0.05) is 30.3 Å². The molecule has 0 amide bonds. The third-order valence-corrected chi connectivity index (χ3v) is 4.82. The van der Waals surface area contributed by atoms with Crippen molar-refractivity contribution in [1.82, 2.24) is 15.7 Å². The molecule has 128 valence electrons. The fraction of sp³-hybridized carbons (Fsp3) is 0.375. The van der Waals surface area contributed by atoms with Crippen LogP contribution in [0.25, 0.3) is 11.3 Å². The summed E-state index contributed by atoms with van der Waals surface area (Å²) in [5, 5.41) is 6.61. The highest BCUT2D eigenvalue weighted by atomic mass is 32.1. The first-order chi connectivity index (χ1) is 11.8. The smallest absolute Gasteiger partial charge is 0.202 e. The largest absolute Gasteiger partial charge is 0.370 e. The molecule has 0 spiro atoms. The summed E-state index contributed by atoms with van der Waals surface area (Å²) in [6.45, 7) is 5.74. The highest BCUT2D eigenvalue weighted by Crippen LogP contribution is 2.23. The van der Waals surface area contributed by atoms with Crippen LogP contribution in [-0.2, 0) is 4.74 Å². The number of nitrogens with one attached hydrogen (secondary N) is 4. The van der Waals surface area contributed by atoms with Crippen molar-refractivity contribution in [3.8, 4) is 11.3 Å². The molecule has 24 heavy (non-hydrogen) atoms. The van der Waals surface area contributed by atoms with Gasteiger partial charge in [-0.2, -0.15) is 0 Å². The third-order valence-electron chi connectivity index (χ3n) is 3.82. The van der Waals surface area contributed by atoms with Crippen LogP contribution in [-0.4, -0.2) is 49.5 Å². The van der Waals surface area contributed by atoms with E-state index < -0.39 is 0 Å². The first-order valence-corrected chi connectivity index (χ1v) is 9.32. The maximum absolute atomic E-state index is 5.35. The number of anilines is 1. The molecule has 1 aromatic heterocycles. The lowest BCUT2D eigenvalue weighted by Gasteiger charge is -2.24. The molecule has 6 nitrogen and oxygen atoms in total. The fourth-order valence-corrected chi connectivity index (χ4v) is 3.32. The van der Waals surface area contributed by atoms with Crippen LogP contribution in [0.3, 0.4) is 0 Å². The highest BCUT2D eigenvalue weighted by Gasteiger charge is 2.12. The minimum absolute atomic E-state index is 0.583. The number of ether oxygens (including phenoxy) is 1. The minimum Gasteiger partial charge on any atom is -0.370 e. The number of hydrogen-bond acceptors (Lipinski definition) is 5. The van der Waals surface area contributed by atoms with Crippen LogP contribution in [0, 0.1) is 0 Å². The molecule has 1 saturated heterocycles. The number of nitrogens with zero attached hydrogens (tertiary/aromatic N) is 1. The van der Waals surface area contributed by atoms with Crippen LogP contribution in [0.1, 0.15) is 0 Å². The molecule has 1 aromatic carbocycles. The van der Waals surface area contributed by atoms with Crippen molar-refractivity contribution in [1.29, 1.82) is 0 Å². The zero-order valence-corrected chi connectivity index (χ0v) is 15.0. The van der Waals surface area contributed by atoms with Crippen LogP contribution in [0.4, 0.5) is 5.13 Å². The molecule has 8 heteroatoms. The van der Waals surface area contributed by atoms with Gasteiger partial charge in [0.15, 0.2) is 5.11 Å². The standard InChI is InChI=1S/C16H21N5OS2/c23-15(17-6-7-21-8-10-22-11-9-21)19-20-16-18-14(12-24-16)13-4-2-1-3-5-13/h1-5,12H,6-11H2,(H,18,20)(H2,17,19,23)/p+1. The van der Waals surface area contributed by atoms with E-state index in [1.165, 1.54) is 0 Å². The second-order valence-electron chi connectivity index (χ2n) is 5.52. The molecule has 0 unspecified atom stereocenters. The van der Waals surface area contributed by atoms with Gasteiger partial charge in [0.05, 0.1) is 32.0 Å². The minimum atomic E-state index is 0.583. The Hall–Kier alpha value is -1.74. The maximum Gasteiger partial charge on any atom is 0.202 e. The molecule has 4 N–H and O–H groups in total. The van der Waals surface area contributed by atoms with Gasteiger partial charge in [-0.15, -0.1) is 11.3 Å². The molecule has 1 aliphatic heterocycles. The Kier molecular flexibility index (Phi) is 6.36. The van der Waals surface area contributed by atoms with E-state index in [9.17, 15) is 0 Å². The second-order valence-corrected chi connectivity index (χ2v) is 6.79. The van der Waals surface area contributed by atoms with Crippen molar-refractivity contribution in [3.63, 3.8) is 0 Å². The van der Waals surface area contributed by atoms with E-state index in [2.05, 4.69) is 21.2 Å². The summed E-state index contributed by atoms with van der Waals surface area (Å²) in [5.74, 6) is 0. The van der Waals surface area contributed by atoms with Crippen LogP contribution in [0.2, 0.25) is 0 Å². The molecule has 1 aliphatic rings. The van der Waals surface area contributed by atoms with E-state index in [0.29, 0.717) is 5.11 Å². The quantitative estimate of drug-likeness (QED) is 0.443. The first kappa shape index (κ1) is 17.1. The summed E-state index contributed by atoms with van der Waals surface area (Å²) in [5.41, 5.74) is 8.10. The van der Waals surface area contributed by atoms with Crippen molar-refractivity contribution in [2.24, 2.45) is 0 Å². The van der Waals surface area contributed by atoms with Crippen molar-refractivity contribution < 1.29 is 9.64 Å². The average Bonchev–Trinajstić information content (AvgIpc) is 3.11. The average molecular weight is 365 g/mol. The van der Waals surface area contributed by atoms with Gasteiger partial charge < -0.3 is 15.0 Å². The zero-order valence-electron chi connectivity index (χ0n) is 13.4. The lowest BCUT2D eigenvalue weighted by molar-refractivity contribution is -0.906. The van der Waals surface area contributed by atoms with Gasteiger partial charge in [-0.3, -0.25) is 10.9 Å². The van der Waals surface area contributed by atoms with Crippen molar-refractivity contribution in [2.75, 3.05) is 44.8 Å². The molecule has 0 atom stereocenters. The monoisotopic (exact) mass is 364 g/mol. The fourth-order valence-electron chi connectivity index (χ4n) is 2.49. The van der Waals surface area contributed by atoms with Gasteiger partial charge in [0, 0.05) is 10.9 Å². The summed E-state index contributed by atoms with van der Waals surface area (Å²) in [6.07, 6.45) is 0. The van der Waals surface area contributed by atoms with Gasteiger partial charge in [0.1, 0.15) is 13.1 Å². The lowest BCUT2D eigenvalue weighted by atomic mass is 10.2. The van der Waals surface area contributed by atoms with Gasteiger partial charge in [0.2, 0.25) is 5.13 Å². The number of hydrazine groups is 1. The molecule has 2 heterocycles. The molecule has 3 rings (SSSR count). The third kappa shape index (κ3) is 5.13. The Balaban J connectivity index is 1.38. The Labute approximate surface area is 151 Å². The van der Waals surface area contributed by atoms with Gasteiger partial charge in [0.25, 0.3) is 0 Å². The molecule has 0 saturated carbocycles. The predicted molar refractivity (Wildman–Crippen MR) is 101 cm³/mol. The molecule has 2 aromatic rings. The van der Waals surface area contributed by atoms with Crippen LogP contribution >= 0.6 is 23.6 Å². The normalized spacial score (nSPS) is 15.0.